The second-order valence-corrected chi connectivity index (χ2v) is 2.42. The third-order valence-electron chi connectivity index (χ3n) is 0.749. The summed E-state index contributed by atoms with van der Waals surface area (Å²) in [6.45, 7) is 17.4. The largest absolute Gasteiger partial charge is 0.203 e. The molecule has 0 aliphatic carbocycles. The number of halogens is 1. The Hall–Kier alpha value is 0.414. The minimum Gasteiger partial charge on any atom is -0.203 e. The van der Waals surface area contributed by atoms with Gasteiger partial charge in [0.2, 0.25) is 0 Å². The van der Waals surface area contributed by atoms with Crippen molar-refractivity contribution < 1.29 is 32.7 Å². The van der Waals surface area contributed by atoms with E-state index in [-0.39, 0.29) is 32.7 Å². The van der Waals surface area contributed by atoms with Gasteiger partial charge in [-0.1, -0.05) is 35.2 Å². The van der Waals surface area contributed by atoms with Gasteiger partial charge in [-0.3, -0.25) is 0 Å². The first-order valence-electron chi connectivity index (χ1n) is 3.08. The summed E-state index contributed by atoms with van der Waals surface area (Å²) in [5.74, 6) is 0. The van der Waals surface area contributed by atoms with E-state index >= 15 is 0 Å². The van der Waals surface area contributed by atoms with Gasteiger partial charge in [0.25, 0.3) is 0 Å². The third-order valence-corrected chi connectivity index (χ3v) is 1.47. The SMILES string of the molecule is C=CC(=C)CBr.C=CC(=C)[CH2-].[Y]. The van der Waals surface area contributed by atoms with Crippen LogP contribution in [-0.2, 0) is 32.7 Å². The normalized spacial score (nSPS) is 6.42. The predicted molar refractivity (Wildman–Crippen MR) is 57.8 cm³/mol. The van der Waals surface area contributed by atoms with Crippen LogP contribution in [0.15, 0.2) is 49.6 Å². The minimum atomic E-state index is 0. The zero-order valence-corrected chi connectivity index (χ0v) is 11.8. The third kappa shape index (κ3) is 22.4. The van der Waals surface area contributed by atoms with Crippen molar-refractivity contribution >= 4 is 15.9 Å². The van der Waals surface area contributed by atoms with Crippen molar-refractivity contribution in [2.75, 3.05) is 5.33 Å². The zero-order valence-electron chi connectivity index (χ0n) is 7.35. The molecule has 0 aromatic rings. The van der Waals surface area contributed by atoms with Gasteiger partial charge in [0.05, 0.1) is 0 Å². The summed E-state index contributed by atoms with van der Waals surface area (Å²) in [5, 5.41) is 0.830. The number of hydrogen-bond donors (Lipinski definition) is 0. The topological polar surface area (TPSA) is 0 Å². The van der Waals surface area contributed by atoms with Crippen LogP contribution >= 0.6 is 15.9 Å². The smallest absolute Gasteiger partial charge is 0.0276 e. The summed E-state index contributed by atoms with van der Waals surface area (Å²) in [7, 11) is 0. The molecule has 0 aromatic carbocycles. The monoisotopic (exact) mass is 302 g/mol. The summed E-state index contributed by atoms with van der Waals surface area (Å²) in [5.41, 5.74) is 1.79. The van der Waals surface area contributed by atoms with E-state index in [1.165, 1.54) is 0 Å². The molecule has 1 radical (unpaired) electrons. The molecule has 0 fully saturated rings. The average Bonchev–Trinajstić information content (AvgIpc) is 2.04. The van der Waals surface area contributed by atoms with Crippen molar-refractivity contribution in [3.8, 4) is 0 Å². The van der Waals surface area contributed by atoms with Crippen LogP contribution in [0.1, 0.15) is 0 Å². The van der Waals surface area contributed by atoms with Crippen LogP contribution in [0, 0.1) is 6.92 Å². The van der Waals surface area contributed by atoms with E-state index in [0.29, 0.717) is 0 Å². The first kappa shape index (κ1) is 18.2. The average molecular weight is 303 g/mol. The van der Waals surface area contributed by atoms with Crippen molar-refractivity contribution in [3.05, 3.63) is 56.5 Å². The van der Waals surface area contributed by atoms with Gasteiger partial charge in [-0.15, -0.1) is 0 Å². The summed E-state index contributed by atoms with van der Waals surface area (Å²) < 4.78 is 0. The molecule has 0 heterocycles. The molecule has 0 N–H and O–H groups in total. The molecule has 0 saturated heterocycles. The molecule has 0 aromatic heterocycles. The summed E-state index contributed by atoms with van der Waals surface area (Å²) >= 11 is 3.20. The molecule has 0 amide bonds. The molecule has 65 valence electrons. The Bertz CT molecular complexity index is 159. The molecule has 0 atom stereocenters. The van der Waals surface area contributed by atoms with Gasteiger partial charge >= 0.3 is 0 Å². The van der Waals surface area contributed by atoms with Crippen LogP contribution in [0.4, 0.5) is 0 Å². The van der Waals surface area contributed by atoms with E-state index in [1.54, 1.807) is 12.2 Å². The Kier molecular flexibility index (Phi) is 21.2. The molecule has 0 unspecified atom stereocenters. The molecule has 2 heteroatoms. The van der Waals surface area contributed by atoms with Crippen LogP contribution in [0.25, 0.3) is 0 Å². The minimum absolute atomic E-state index is 0. The maximum Gasteiger partial charge on any atom is 0.0276 e. The summed E-state index contributed by atoms with van der Waals surface area (Å²) in [6, 6.07) is 0. The van der Waals surface area contributed by atoms with Crippen LogP contribution in [-0.4, -0.2) is 5.33 Å². The summed E-state index contributed by atoms with van der Waals surface area (Å²) in [4.78, 5) is 0. The van der Waals surface area contributed by atoms with Gasteiger partial charge in [0.15, 0.2) is 0 Å². The molecular weight excluding hydrogens is 289 g/mol. The second kappa shape index (κ2) is 14.0. The van der Waals surface area contributed by atoms with Crippen molar-refractivity contribution in [3.63, 3.8) is 0 Å². The molecule has 0 rings (SSSR count). The fourth-order valence-electron chi connectivity index (χ4n) is 0.0546. The maximum absolute atomic E-state index is 3.63. The van der Waals surface area contributed by atoms with Crippen LogP contribution in [0.3, 0.4) is 0 Å². The van der Waals surface area contributed by atoms with E-state index in [0.717, 1.165) is 16.5 Å². The quantitative estimate of drug-likeness (QED) is 0.424. The molecule has 0 bridgehead atoms. The molecule has 0 nitrogen and oxygen atoms in total. The van der Waals surface area contributed by atoms with Gasteiger partial charge in [0.1, 0.15) is 0 Å². The van der Waals surface area contributed by atoms with E-state index < -0.39 is 0 Å². The summed E-state index contributed by atoms with van der Waals surface area (Å²) in [6.07, 6.45) is 3.34. The molecule has 12 heavy (non-hydrogen) atoms. The van der Waals surface area contributed by atoms with Crippen molar-refractivity contribution in [1.29, 1.82) is 0 Å². The Labute approximate surface area is 110 Å². The van der Waals surface area contributed by atoms with Crippen LogP contribution < -0.4 is 0 Å². The van der Waals surface area contributed by atoms with Crippen molar-refractivity contribution in [2.24, 2.45) is 0 Å². The Morgan fingerprint density at radius 3 is 1.58 bits per heavy atom. The Morgan fingerprint density at radius 1 is 1.25 bits per heavy atom. The standard InChI is InChI=1S/C5H7Br.C5H7.Y/c1-3-5(2)4-6;1-4-5(2)3;/h3H,1-2,4H2;4H,1-3H2;/q;-1;. The van der Waals surface area contributed by atoms with Gasteiger partial charge < -0.3 is 0 Å². The number of hydrogen-bond acceptors (Lipinski definition) is 0. The van der Waals surface area contributed by atoms with E-state index in [2.05, 4.69) is 49.2 Å². The van der Waals surface area contributed by atoms with Gasteiger partial charge in [0, 0.05) is 38.0 Å². The molecule has 0 spiro atoms. The molecule has 0 saturated carbocycles. The predicted octanol–water partition coefficient (Wildman–Crippen LogP) is 3.68. The first-order chi connectivity index (χ1) is 5.08. The van der Waals surface area contributed by atoms with E-state index in [1.807, 2.05) is 0 Å². The van der Waals surface area contributed by atoms with Gasteiger partial charge in [-0.2, -0.15) is 26.2 Å². The van der Waals surface area contributed by atoms with E-state index in [4.69, 9.17) is 0 Å². The zero-order chi connectivity index (χ0) is 9.28. The van der Waals surface area contributed by atoms with Crippen LogP contribution in [0.2, 0.25) is 0 Å². The van der Waals surface area contributed by atoms with Crippen molar-refractivity contribution in [2.45, 2.75) is 0 Å². The van der Waals surface area contributed by atoms with Gasteiger partial charge in [-0.05, 0) is 5.57 Å². The Morgan fingerprint density at radius 2 is 1.58 bits per heavy atom. The number of allylic oxidation sites excluding steroid dienone is 4. The van der Waals surface area contributed by atoms with Gasteiger partial charge in [-0.25, -0.2) is 5.57 Å². The van der Waals surface area contributed by atoms with E-state index in [9.17, 15) is 0 Å². The molecular formula is C10H14BrY-. The first-order valence-corrected chi connectivity index (χ1v) is 4.20. The fourth-order valence-corrected chi connectivity index (χ4v) is 0.283. The molecule has 0 aliphatic rings. The second-order valence-electron chi connectivity index (χ2n) is 1.86. The Balaban J connectivity index is -0.000000126. The fraction of sp³-hybridized carbons (Fsp3) is 0.100. The number of alkyl halides is 1. The van der Waals surface area contributed by atoms with Crippen molar-refractivity contribution in [1.82, 2.24) is 0 Å². The molecule has 0 aliphatic heterocycles. The maximum atomic E-state index is 3.63. The van der Waals surface area contributed by atoms with Crippen LogP contribution in [0.5, 0.6) is 0 Å². The number of rotatable bonds is 3.